The molecule has 0 saturated carbocycles. The van der Waals surface area contributed by atoms with Gasteiger partial charge in [0.05, 0.1) is 5.69 Å². The molecule has 0 bridgehead atoms. The summed E-state index contributed by atoms with van der Waals surface area (Å²) >= 11 is 6.04. The fraction of sp³-hybridized carbons (Fsp3) is 0.700. The van der Waals surface area contributed by atoms with Crippen molar-refractivity contribution < 1.29 is 8.42 Å². The molecule has 0 saturated heterocycles. The fourth-order valence-corrected chi connectivity index (χ4v) is 3.43. The first-order valence-electron chi connectivity index (χ1n) is 5.35. The Bertz CT molecular complexity index is 507. The van der Waals surface area contributed by atoms with Gasteiger partial charge in [-0.3, -0.25) is 4.68 Å². The van der Waals surface area contributed by atoms with E-state index >= 15 is 0 Å². The van der Waals surface area contributed by atoms with E-state index in [1.54, 1.807) is 0 Å². The Morgan fingerprint density at radius 1 is 1.29 bits per heavy atom. The van der Waals surface area contributed by atoms with Crippen molar-refractivity contribution in [2.24, 2.45) is 5.92 Å². The summed E-state index contributed by atoms with van der Waals surface area (Å²) in [5.41, 5.74) is 0.422. The zero-order chi connectivity index (χ0) is 13.4. The highest BCUT2D eigenvalue weighted by Gasteiger charge is 2.27. The van der Waals surface area contributed by atoms with E-state index < -0.39 is 9.05 Å². The van der Waals surface area contributed by atoms with Gasteiger partial charge >= 0.3 is 0 Å². The van der Waals surface area contributed by atoms with Crippen molar-refractivity contribution in [1.82, 2.24) is 9.78 Å². The summed E-state index contributed by atoms with van der Waals surface area (Å²) in [6.45, 7) is 8.27. The zero-order valence-electron chi connectivity index (χ0n) is 10.2. The number of hydrogen-bond acceptors (Lipinski definition) is 3. The molecule has 0 aromatic carbocycles. The average molecular weight is 299 g/mol. The molecular formula is C10H16Cl2N2O2S. The molecule has 1 rings (SSSR count). The van der Waals surface area contributed by atoms with Crippen LogP contribution in [0.5, 0.6) is 0 Å². The molecular weight excluding hydrogens is 283 g/mol. The topological polar surface area (TPSA) is 52.0 Å². The van der Waals surface area contributed by atoms with Crippen LogP contribution in [0.3, 0.4) is 0 Å². The van der Waals surface area contributed by atoms with Crippen molar-refractivity contribution in [2.75, 3.05) is 0 Å². The minimum absolute atomic E-state index is 0.0514. The lowest BCUT2D eigenvalue weighted by molar-refractivity contribution is 0.478. The smallest absolute Gasteiger partial charge is 0.252 e. The van der Waals surface area contributed by atoms with Gasteiger partial charge in [-0.25, -0.2) is 8.42 Å². The van der Waals surface area contributed by atoms with Crippen LogP contribution in [0.25, 0.3) is 0 Å². The van der Waals surface area contributed by atoms with Crippen LogP contribution in [0.2, 0.25) is 5.15 Å². The highest BCUT2D eigenvalue weighted by Crippen LogP contribution is 2.32. The first kappa shape index (κ1) is 14.8. The van der Waals surface area contributed by atoms with Crippen molar-refractivity contribution in [3.8, 4) is 0 Å². The molecule has 0 aliphatic carbocycles. The Kier molecular flexibility index (Phi) is 4.49. The lowest BCUT2D eigenvalue weighted by Gasteiger charge is -2.05. The minimum Gasteiger partial charge on any atom is -0.252 e. The second-order valence-corrected chi connectivity index (χ2v) is 7.53. The third kappa shape index (κ3) is 3.36. The number of nitrogens with zero attached hydrogens (tertiary/aromatic N) is 2. The Morgan fingerprint density at radius 2 is 1.82 bits per heavy atom. The van der Waals surface area contributed by atoms with E-state index in [0.717, 1.165) is 0 Å². The molecule has 1 heterocycles. The Balaban J connectivity index is 3.41. The molecule has 1 aromatic rings. The third-order valence-electron chi connectivity index (χ3n) is 2.20. The second kappa shape index (κ2) is 5.16. The summed E-state index contributed by atoms with van der Waals surface area (Å²) in [5, 5.41) is 4.33. The second-order valence-electron chi connectivity index (χ2n) is 4.67. The highest BCUT2D eigenvalue weighted by molar-refractivity contribution is 8.13. The Labute approximate surface area is 111 Å². The van der Waals surface area contributed by atoms with Crippen LogP contribution in [-0.4, -0.2) is 18.2 Å². The molecule has 4 nitrogen and oxygen atoms in total. The van der Waals surface area contributed by atoms with E-state index in [1.165, 1.54) is 4.68 Å². The van der Waals surface area contributed by atoms with Crippen LogP contribution in [0.1, 0.15) is 39.3 Å². The molecule has 98 valence electrons. The first-order chi connectivity index (χ1) is 7.64. The van der Waals surface area contributed by atoms with E-state index in [9.17, 15) is 8.42 Å². The molecule has 0 fully saturated rings. The van der Waals surface area contributed by atoms with E-state index in [1.807, 2.05) is 27.7 Å². The van der Waals surface area contributed by atoms with Crippen LogP contribution in [0.4, 0.5) is 0 Å². The van der Waals surface area contributed by atoms with Gasteiger partial charge in [-0.2, -0.15) is 5.10 Å². The average Bonchev–Trinajstić information content (AvgIpc) is 2.42. The van der Waals surface area contributed by atoms with Gasteiger partial charge in [0.25, 0.3) is 9.05 Å². The monoisotopic (exact) mass is 298 g/mol. The van der Waals surface area contributed by atoms with Gasteiger partial charge in [0.2, 0.25) is 0 Å². The van der Waals surface area contributed by atoms with Crippen molar-refractivity contribution in [2.45, 2.75) is 45.1 Å². The zero-order valence-corrected chi connectivity index (χ0v) is 12.6. The maximum Gasteiger partial charge on any atom is 0.266 e. The summed E-state index contributed by atoms with van der Waals surface area (Å²) < 4.78 is 24.5. The van der Waals surface area contributed by atoms with Crippen LogP contribution >= 0.6 is 22.3 Å². The molecule has 0 aliphatic rings. The van der Waals surface area contributed by atoms with Gasteiger partial charge < -0.3 is 0 Å². The molecule has 17 heavy (non-hydrogen) atoms. The van der Waals surface area contributed by atoms with Crippen molar-refractivity contribution in [3.05, 3.63) is 10.8 Å². The predicted molar refractivity (Wildman–Crippen MR) is 69.2 cm³/mol. The summed E-state index contributed by atoms with van der Waals surface area (Å²) in [5.74, 6) is 0.266. The molecule has 0 unspecified atom stereocenters. The van der Waals surface area contributed by atoms with E-state index in [0.29, 0.717) is 18.2 Å². The lowest BCUT2D eigenvalue weighted by atomic mass is 10.1. The first-order valence-corrected chi connectivity index (χ1v) is 8.04. The van der Waals surface area contributed by atoms with Crippen molar-refractivity contribution in [3.63, 3.8) is 0 Å². The minimum atomic E-state index is -3.87. The van der Waals surface area contributed by atoms with Crippen molar-refractivity contribution in [1.29, 1.82) is 0 Å². The van der Waals surface area contributed by atoms with Gasteiger partial charge in [0, 0.05) is 17.2 Å². The largest absolute Gasteiger partial charge is 0.266 e. The molecule has 7 heteroatoms. The molecule has 0 aliphatic heterocycles. The summed E-state index contributed by atoms with van der Waals surface area (Å²) in [4.78, 5) is -0.0588. The lowest BCUT2D eigenvalue weighted by Crippen LogP contribution is -2.06. The normalized spacial score (nSPS) is 12.7. The molecule has 0 N–H and O–H groups in total. The number of hydrogen-bond donors (Lipinski definition) is 0. The van der Waals surface area contributed by atoms with Gasteiger partial charge in [0.1, 0.15) is 10.0 Å². The quantitative estimate of drug-likeness (QED) is 0.802. The van der Waals surface area contributed by atoms with Crippen LogP contribution in [0.15, 0.2) is 4.90 Å². The maximum atomic E-state index is 11.5. The Hall–Kier alpha value is -0.260. The molecule has 0 atom stereocenters. The molecule has 0 radical (unpaired) electrons. The number of halogens is 2. The molecule has 0 amide bonds. The molecule has 0 spiro atoms. The number of aromatic nitrogens is 2. The molecule has 1 aromatic heterocycles. The Morgan fingerprint density at radius 3 is 2.12 bits per heavy atom. The fourth-order valence-electron chi connectivity index (χ4n) is 1.51. The van der Waals surface area contributed by atoms with Gasteiger partial charge in [-0.1, -0.05) is 39.3 Å². The van der Waals surface area contributed by atoms with E-state index in [-0.39, 0.29) is 16.0 Å². The summed E-state index contributed by atoms with van der Waals surface area (Å²) in [7, 11) is 1.53. The third-order valence-corrected chi connectivity index (χ3v) is 4.05. The predicted octanol–water partition coefficient (Wildman–Crippen LogP) is 3.24. The van der Waals surface area contributed by atoms with Crippen LogP contribution < -0.4 is 0 Å². The van der Waals surface area contributed by atoms with Crippen LogP contribution in [0, 0.1) is 5.92 Å². The summed E-state index contributed by atoms with van der Waals surface area (Å²) in [6.07, 6.45) is 0. The standard InChI is InChI=1S/C10H16Cl2N2O2S/c1-6(2)5-14-10(11)9(17(12,15)16)8(13-14)7(3)4/h6-7H,5H2,1-4H3. The summed E-state index contributed by atoms with van der Waals surface area (Å²) in [6, 6.07) is 0. The van der Waals surface area contributed by atoms with Gasteiger partial charge in [-0.15, -0.1) is 0 Å². The SMILES string of the molecule is CC(C)Cn1nc(C(C)C)c(S(=O)(=O)Cl)c1Cl. The van der Waals surface area contributed by atoms with E-state index in [4.69, 9.17) is 22.3 Å². The van der Waals surface area contributed by atoms with Gasteiger partial charge in [-0.05, 0) is 11.8 Å². The van der Waals surface area contributed by atoms with Gasteiger partial charge in [0.15, 0.2) is 0 Å². The maximum absolute atomic E-state index is 11.5. The van der Waals surface area contributed by atoms with E-state index in [2.05, 4.69) is 5.10 Å². The number of rotatable bonds is 4. The highest BCUT2D eigenvalue weighted by atomic mass is 35.7. The van der Waals surface area contributed by atoms with Crippen LogP contribution in [-0.2, 0) is 15.6 Å². The van der Waals surface area contributed by atoms with Crippen molar-refractivity contribution >= 4 is 31.3 Å².